The maximum absolute atomic E-state index is 13.3. The second-order valence-corrected chi connectivity index (χ2v) is 8.77. The summed E-state index contributed by atoms with van der Waals surface area (Å²) in [4.78, 5) is 29.7. The van der Waals surface area contributed by atoms with Crippen molar-refractivity contribution in [1.29, 1.82) is 0 Å². The van der Waals surface area contributed by atoms with E-state index in [1.165, 1.54) is 0 Å². The van der Waals surface area contributed by atoms with E-state index in [4.69, 9.17) is 0 Å². The Bertz CT molecular complexity index is 952. The zero-order valence-corrected chi connectivity index (χ0v) is 16.8. The Balaban J connectivity index is 1.35. The average molecular weight is 394 g/mol. The fourth-order valence-corrected chi connectivity index (χ4v) is 4.90. The van der Waals surface area contributed by atoms with Crippen molar-refractivity contribution in [3.8, 4) is 5.69 Å². The van der Waals surface area contributed by atoms with E-state index in [0.717, 1.165) is 57.4 Å². The molecule has 1 saturated carbocycles. The van der Waals surface area contributed by atoms with Crippen molar-refractivity contribution in [2.75, 3.05) is 19.6 Å². The van der Waals surface area contributed by atoms with E-state index >= 15 is 0 Å². The normalized spacial score (nSPS) is 24.9. The largest absolute Gasteiger partial charge is 0.339 e. The van der Waals surface area contributed by atoms with E-state index in [2.05, 4.69) is 20.4 Å². The molecule has 152 valence electrons. The zero-order valence-electron chi connectivity index (χ0n) is 16.8. The summed E-state index contributed by atoms with van der Waals surface area (Å²) in [6.45, 7) is 4.14. The maximum Gasteiger partial charge on any atom is 0.253 e. The average Bonchev–Trinajstić information content (AvgIpc) is 3.50. The molecule has 2 aliphatic heterocycles. The summed E-state index contributed by atoms with van der Waals surface area (Å²) in [5.41, 5.74) is 1.49. The number of nitrogens with zero attached hydrogens (tertiary/aromatic N) is 6. The highest BCUT2D eigenvalue weighted by Gasteiger charge is 2.46. The van der Waals surface area contributed by atoms with Crippen molar-refractivity contribution < 1.29 is 9.59 Å². The first-order valence-corrected chi connectivity index (χ1v) is 10.5. The Morgan fingerprint density at radius 2 is 2.07 bits per heavy atom. The first-order chi connectivity index (χ1) is 14.0. The van der Waals surface area contributed by atoms with Gasteiger partial charge in [-0.15, -0.1) is 5.10 Å². The van der Waals surface area contributed by atoms with Crippen LogP contribution in [0.4, 0.5) is 0 Å². The molecule has 5 rings (SSSR count). The molecule has 2 amide bonds. The topological polar surface area (TPSA) is 84.2 Å². The van der Waals surface area contributed by atoms with Crippen LogP contribution in [-0.4, -0.2) is 67.5 Å². The van der Waals surface area contributed by atoms with Crippen LogP contribution >= 0.6 is 0 Å². The van der Waals surface area contributed by atoms with Crippen LogP contribution in [0.15, 0.2) is 24.3 Å². The Morgan fingerprint density at radius 3 is 2.83 bits per heavy atom. The molecule has 1 aromatic carbocycles. The van der Waals surface area contributed by atoms with Gasteiger partial charge in [-0.2, -0.15) is 4.68 Å². The van der Waals surface area contributed by atoms with Crippen LogP contribution in [0.5, 0.6) is 0 Å². The summed E-state index contributed by atoms with van der Waals surface area (Å²) in [5.74, 6) is 1.02. The lowest BCUT2D eigenvalue weighted by Gasteiger charge is -2.48. The van der Waals surface area contributed by atoms with Gasteiger partial charge in [0.2, 0.25) is 5.91 Å². The number of likely N-dealkylation sites (tertiary alicyclic amines) is 2. The number of aromatic nitrogens is 4. The van der Waals surface area contributed by atoms with Gasteiger partial charge in [-0.3, -0.25) is 9.59 Å². The molecule has 8 heteroatoms. The number of hydrogen-bond donors (Lipinski definition) is 0. The number of benzene rings is 1. The molecule has 0 N–H and O–H groups in total. The van der Waals surface area contributed by atoms with E-state index < -0.39 is 0 Å². The highest BCUT2D eigenvalue weighted by molar-refractivity contribution is 5.95. The Hall–Kier alpha value is -2.77. The van der Waals surface area contributed by atoms with Gasteiger partial charge < -0.3 is 9.80 Å². The van der Waals surface area contributed by atoms with Crippen molar-refractivity contribution in [1.82, 2.24) is 30.0 Å². The summed E-state index contributed by atoms with van der Waals surface area (Å²) in [5, 5.41) is 11.6. The highest BCUT2D eigenvalue weighted by Crippen LogP contribution is 2.42. The number of aryl methyl sites for hydroxylation is 1. The lowest BCUT2D eigenvalue weighted by atomic mass is 9.73. The molecule has 0 radical (unpaired) electrons. The number of amides is 2. The molecule has 2 saturated heterocycles. The summed E-state index contributed by atoms with van der Waals surface area (Å²) in [7, 11) is 0. The minimum atomic E-state index is 0.0477. The smallest absolute Gasteiger partial charge is 0.253 e. The molecule has 1 aliphatic carbocycles. The van der Waals surface area contributed by atoms with Crippen LogP contribution in [0.2, 0.25) is 0 Å². The fourth-order valence-electron chi connectivity index (χ4n) is 4.90. The monoisotopic (exact) mass is 394 g/mol. The molecule has 8 nitrogen and oxygen atoms in total. The third kappa shape index (κ3) is 3.41. The van der Waals surface area contributed by atoms with Crippen molar-refractivity contribution in [3.63, 3.8) is 0 Å². The van der Waals surface area contributed by atoms with Crippen molar-refractivity contribution >= 4 is 11.8 Å². The first kappa shape index (κ1) is 18.3. The predicted molar refractivity (Wildman–Crippen MR) is 105 cm³/mol. The summed E-state index contributed by atoms with van der Waals surface area (Å²) >= 11 is 0. The van der Waals surface area contributed by atoms with Gasteiger partial charge in [0.1, 0.15) is 0 Å². The van der Waals surface area contributed by atoms with E-state index in [0.29, 0.717) is 29.8 Å². The quantitative estimate of drug-likeness (QED) is 0.795. The Labute approximate surface area is 169 Å². The molecule has 3 fully saturated rings. The molecule has 0 unspecified atom stereocenters. The molecule has 3 aliphatic rings. The van der Waals surface area contributed by atoms with Crippen LogP contribution in [0.1, 0.15) is 54.7 Å². The number of rotatable bonds is 3. The van der Waals surface area contributed by atoms with E-state index in [1.807, 2.05) is 36.1 Å². The van der Waals surface area contributed by atoms with E-state index in [-0.39, 0.29) is 11.3 Å². The molecule has 0 bridgehead atoms. The summed E-state index contributed by atoms with van der Waals surface area (Å²) in [6, 6.07) is 7.93. The molecule has 3 heterocycles. The second kappa shape index (κ2) is 6.93. The first-order valence-electron chi connectivity index (χ1n) is 10.5. The van der Waals surface area contributed by atoms with Gasteiger partial charge in [-0.1, -0.05) is 6.07 Å². The Morgan fingerprint density at radius 1 is 1.21 bits per heavy atom. The van der Waals surface area contributed by atoms with Crippen LogP contribution in [0.3, 0.4) is 0 Å². The van der Waals surface area contributed by atoms with Crippen molar-refractivity contribution in [3.05, 3.63) is 35.7 Å². The number of piperidine rings is 2. The molecular formula is C21H26N6O2. The second-order valence-electron chi connectivity index (χ2n) is 8.77. The van der Waals surface area contributed by atoms with Gasteiger partial charge >= 0.3 is 0 Å². The third-order valence-electron chi connectivity index (χ3n) is 6.59. The van der Waals surface area contributed by atoms with Crippen molar-refractivity contribution in [2.45, 2.75) is 51.5 Å². The van der Waals surface area contributed by atoms with Gasteiger partial charge in [0.25, 0.3) is 5.91 Å². The van der Waals surface area contributed by atoms with Gasteiger partial charge in [0.05, 0.1) is 5.69 Å². The van der Waals surface area contributed by atoms with Crippen LogP contribution in [0, 0.1) is 12.3 Å². The number of carbonyl (C=O) groups excluding carboxylic acids is 2. The fraction of sp³-hybridized carbons (Fsp3) is 0.571. The van der Waals surface area contributed by atoms with Gasteiger partial charge in [-0.05, 0) is 67.7 Å². The molecule has 1 spiro atoms. The molecule has 29 heavy (non-hydrogen) atoms. The zero-order chi connectivity index (χ0) is 20.0. The standard InChI is InChI=1S/C21H26N6O2/c1-15-22-23-24-27(15)18-5-2-4-16(12-18)20(29)25-11-3-9-21(13-25)10-8-19(28)26(14-21)17-6-7-17/h2,4-5,12,17H,3,6-11,13-14H2,1H3/t21-/m0/s1. The summed E-state index contributed by atoms with van der Waals surface area (Å²) < 4.78 is 1.63. The SMILES string of the molecule is Cc1nnnn1-c1cccc(C(=O)N2CCC[C@]3(CCC(=O)N(C4CC4)C3)C2)c1. The summed E-state index contributed by atoms with van der Waals surface area (Å²) in [6.07, 6.45) is 5.86. The lowest BCUT2D eigenvalue weighted by Crippen LogP contribution is -2.55. The van der Waals surface area contributed by atoms with E-state index in [9.17, 15) is 9.59 Å². The van der Waals surface area contributed by atoms with Crippen LogP contribution in [0.25, 0.3) is 5.69 Å². The molecular weight excluding hydrogens is 368 g/mol. The Kier molecular flexibility index (Phi) is 4.37. The number of carbonyl (C=O) groups is 2. The third-order valence-corrected chi connectivity index (χ3v) is 6.59. The van der Waals surface area contributed by atoms with Crippen LogP contribution in [-0.2, 0) is 4.79 Å². The van der Waals surface area contributed by atoms with E-state index in [1.54, 1.807) is 4.68 Å². The van der Waals surface area contributed by atoms with Gasteiger partial charge in [-0.25, -0.2) is 0 Å². The predicted octanol–water partition coefficient (Wildman–Crippen LogP) is 1.98. The number of hydrogen-bond acceptors (Lipinski definition) is 5. The molecule has 2 aromatic rings. The lowest BCUT2D eigenvalue weighted by molar-refractivity contribution is -0.139. The molecule has 1 atom stereocenters. The number of tetrazole rings is 1. The minimum absolute atomic E-state index is 0.0477. The minimum Gasteiger partial charge on any atom is -0.339 e. The van der Waals surface area contributed by atoms with Gasteiger partial charge in [0.15, 0.2) is 5.82 Å². The van der Waals surface area contributed by atoms with Crippen LogP contribution < -0.4 is 0 Å². The van der Waals surface area contributed by atoms with Gasteiger partial charge in [0, 0.05) is 43.1 Å². The van der Waals surface area contributed by atoms with Crippen molar-refractivity contribution in [2.24, 2.45) is 5.41 Å². The highest BCUT2D eigenvalue weighted by atomic mass is 16.2. The maximum atomic E-state index is 13.3. The molecule has 1 aromatic heterocycles.